The maximum absolute atomic E-state index is 14.4. The van der Waals surface area contributed by atoms with Crippen molar-refractivity contribution in [3.63, 3.8) is 0 Å². The maximum atomic E-state index is 14.4. The van der Waals surface area contributed by atoms with Crippen molar-refractivity contribution >= 4 is 23.2 Å². The molecule has 6 nitrogen and oxygen atoms in total. The normalized spacial score (nSPS) is 15.8. The third-order valence-electron chi connectivity index (χ3n) is 5.50. The highest BCUT2D eigenvalue weighted by Crippen LogP contribution is 2.35. The van der Waals surface area contributed by atoms with Crippen LogP contribution < -0.4 is 9.64 Å². The molecule has 0 saturated carbocycles. The molecule has 1 amide bonds. The van der Waals surface area contributed by atoms with E-state index in [2.05, 4.69) is 10.1 Å². The molecule has 1 saturated heterocycles. The largest absolute Gasteiger partial charge is 0.489 e. The van der Waals surface area contributed by atoms with Crippen LogP contribution in [0.1, 0.15) is 23.8 Å². The molecule has 1 aliphatic heterocycles. The van der Waals surface area contributed by atoms with Gasteiger partial charge in [-0.3, -0.25) is 4.79 Å². The zero-order valence-corrected chi connectivity index (χ0v) is 18.2. The first-order valence-corrected chi connectivity index (χ1v) is 10.8. The van der Waals surface area contributed by atoms with Crippen LogP contribution in [-0.4, -0.2) is 22.6 Å². The lowest BCUT2D eigenvalue weighted by Crippen LogP contribution is -2.25. The van der Waals surface area contributed by atoms with Crippen LogP contribution in [0, 0.1) is 5.82 Å². The summed E-state index contributed by atoms with van der Waals surface area (Å²) >= 11 is 5.86. The molecule has 1 fully saturated rings. The van der Waals surface area contributed by atoms with Crippen molar-refractivity contribution in [2.24, 2.45) is 0 Å². The van der Waals surface area contributed by atoms with Crippen LogP contribution in [0.25, 0.3) is 11.4 Å². The smallest absolute Gasteiger partial charge is 0.232 e. The van der Waals surface area contributed by atoms with E-state index in [1.54, 1.807) is 6.07 Å². The number of benzene rings is 3. The van der Waals surface area contributed by atoms with Gasteiger partial charge in [0.05, 0.1) is 16.6 Å². The summed E-state index contributed by atoms with van der Waals surface area (Å²) in [5.41, 5.74) is 2.00. The Kier molecular flexibility index (Phi) is 5.79. The second kappa shape index (κ2) is 9.03. The number of carbonyl (C=O) groups is 1. The van der Waals surface area contributed by atoms with Crippen molar-refractivity contribution in [2.45, 2.75) is 18.9 Å². The van der Waals surface area contributed by atoms with Crippen LogP contribution in [0.15, 0.2) is 77.3 Å². The minimum atomic E-state index is -0.617. The zero-order chi connectivity index (χ0) is 22.8. The number of ether oxygens (including phenoxy) is 1. The average molecular weight is 464 g/mol. The van der Waals surface area contributed by atoms with E-state index in [1.807, 2.05) is 54.6 Å². The van der Waals surface area contributed by atoms with Crippen LogP contribution in [0.4, 0.5) is 10.1 Å². The quantitative estimate of drug-likeness (QED) is 0.371. The van der Waals surface area contributed by atoms with Gasteiger partial charge in [0.1, 0.15) is 12.4 Å². The Morgan fingerprint density at radius 2 is 1.85 bits per heavy atom. The second-order valence-corrected chi connectivity index (χ2v) is 8.14. The molecule has 1 aliphatic rings. The Balaban J connectivity index is 1.26. The van der Waals surface area contributed by atoms with Gasteiger partial charge in [-0.05, 0) is 42.0 Å². The molecule has 5 rings (SSSR count). The molecule has 3 aromatic carbocycles. The summed E-state index contributed by atoms with van der Waals surface area (Å²) in [4.78, 5) is 18.4. The van der Waals surface area contributed by atoms with E-state index in [1.165, 1.54) is 17.0 Å². The number of hydrogen-bond donors (Lipinski definition) is 0. The number of nitrogens with zero attached hydrogens (tertiary/aromatic N) is 3. The Morgan fingerprint density at radius 3 is 2.64 bits per heavy atom. The molecule has 1 atom stereocenters. The molecule has 2 heterocycles. The summed E-state index contributed by atoms with van der Waals surface area (Å²) in [6, 6.07) is 21.9. The molecule has 0 spiro atoms. The van der Waals surface area contributed by atoms with Gasteiger partial charge in [-0.1, -0.05) is 53.2 Å². The molecule has 1 unspecified atom stereocenters. The van der Waals surface area contributed by atoms with Crippen LogP contribution >= 0.6 is 11.6 Å². The first-order chi connectivity index (χ1) is 16.1. The second-order valence-electron chi connectivity index (χ2n) is 7.73. The van der Waals surface area contributed by atoms with E-state index in [0.717, 1.165) is 16.9 Å². The highest BCUT2D eigenvalue weighted by Gasteiger charge is 2.36. The van der Waals surface area contributed by atoms with Gasteiger partial charge in [0.25, 0.3) is 0 Å². The SMILES string of the molecule is O=C1CC(c2nc(-c3ccc(OCc4ccccc4)cc3)no2)CN1c1cccc(Cl)c1F. The summed E-state index contributed by atoms with van der Waals surface area (Å²) in [5, 5.41) is 4.03. The van der Waals surface area contributed by atoms with Crippen LogP contribution in [0.3, 0.4) is 0 Å². The maximum Gasteiger partial charge on any atom is 0.232 e. The minimum Gasteiger partial charge on any atom is -0.489 e. The fourth-order valence-electron chi connectivity index (χ4n) is 3.77. The van der Waals surface area contributed by atoms with Crippen LogP contribution in [0.5, 0.6) is 5.75 Å². The molecule has 0 radical (unpaired) electrons. The number of hydrogen-bond acceptors (Lipinski definition) is 5. The number of rotatable bonds is 6. The third-order valence-corrected chi connectivity index (χ3v) is 5.79. The fraction of sp³-hybridized carbons (Fsp3) is 0.160. The molecular formula is C25H19ClFN3O3. The summed E-state index contributed by atoms with van der Waals surface area (Å²) in [5.74, 6) is 0.319. The van der Waals surface area contributed by atoms with Crippen LogP contribution in [0.2, 0.25) is 5.02 Å². The first-order valence-electron chi connectivity index (χ1n) is 10.4. The van der Waals surface area contributed by atoms with E-state index in [-0.39, 0.29) is 35.5 Å². The Bertz CT molecular complexity index is 1280. The number of aromatic nitrogens is 2. The van der Waals surface area contributed by atoms with Crippen LogP contribution in [-0.2, 0) is 11.4 Å². The van der Waals surface area contributed by atoms with Crippen molar-refractivity contribution in [2.75, 3.05) is 11.4 Å². The first kappa shape index (κ1) is 21.2. The molecular weight excluding hydrogens is 445 g/mol. The lowest BCUT2D eigenvalue weighted by atomic mass is 10.1. The van der Waals surface area contributed by atoms with E-state index in [0.29, 0.717) is 18.3 Å². The van der Waals surface area contributed by atoms with Gasteiger partial charge in [0.2, 0.25) is 17.6 Å². The molecule has 8 heteroatoms. The molecule has 0 N–H and O–H groups in total. The molecule has 1 aromatic heterocycles. The Morgan fingerprint density at radius 1 is 1.06 bits per heavy atom. The van der Waals surface area contributed by atoms with Gasteiger partial charge in [0.15, 0.2) is 5.82 Å². The van der Waals surface area contributed by atoms with Crippen molar-refractivity contribution in [1.29, 1.82) is 0 Å². The van der Waals surface area contributed by atoms with Gasteiger partial charge in [-0.15, -0.1) is 0 Å². The van der Waals surface area contributed by atoms with Crippen molar-refractivity contribution < 1.29 is 18.4 Å². The molecule has 0 bridgehead atoms. The topological polar surface area (TPSA) is 68.5 Å². The monoisotopic (exact) mass is 463 g/mol. The highest BCUT2D eigenvalue weighted by atomic mass is 35.5. The van der Waals surface area contributed by atoms with Crippen molar-refractivity contribution in [1.82, 2.24) is 10.1 Å². The highest BCUT2D eigenvalue weighted by molar-refractivity contribution is 6.31. The predicted octanol–water partition coefficient (Wildman–Crippen LogP) is 5.63. The predicted molar refractivity (Wildman–Crippen MR) is 122 cm³/mol. The average Bonchev–Trinajstić information content (AvgIpc) is 3.48. The standard InChI is InChI=1S/C25H19ClFN3O3/c26-20-7-4-8-21(23(20)27)30-14-18(13-22(30)31)25-28-24(29-33-25)17-9-11-19(12-10-17)32-15-16-5-2-1-3-6-16/h1-12,18H,13-15H2. The molecule has 166 valence electrons. The van der Waals surface area contributed by atoms with Gasteiger partial charge in [-0.2, -0.15) is 4.98 Å². The third kappa shape index (κ3) is 4.45. The van der Waals surface area contributed by atoms with E-state index < -0.39 is 5.82 Å². The Labute approximate surface area is 194 Å². The summed E-state index contributed by atoms with van der Waals surface area (Å²) < 4.78 is 25.6. The number of amides is 1. The van der Waals surface area contributed by atoms with E-state index in [9.17, 15) is 9.18 Å². The summed E-state index contributed by atoms with van der Waals surface area (Å²) in [6.07, 6.45) is 0.153. The fourth-order valence-corrected chi connectivity index (χ4v) is 3.94. The molecule has 33 heavy (non-hydrogen) atoms. The molecule has 0 aliphatic carbocycles. The molecule has 4 aromatic rings. The number of anilines is 1. The summed E-state index contributed by atoms with van der Waals surface area (Å²) in [6.45, 7) is 0.718. The lowest BCUT2D eigenvalue weighted by Gasteiger charge is -2.17. The zero-order valence-electron chi connectivity index (χ0n) is 17.4. The summed E-state index contributed by atoms with van der Waals surface area (Å²) in [7, 11) is 0. The van der Waals surface area contributed by atoms with Gasteiger partial charge in [-0.25, -0.2) is 4.39 Å². The lowest BCUT2D eigenvalue weighted by molar-refractivity contribution is -0.117. The van der Waals surface area contributed by atoms with Gasteiger partial charge in [0, 0.05) is 18.5 Å². The number of carbonyl (C=O) groups excluding carboxylic acids is 1. The van der Waals surface area contributed by atoms with Gasteiger partial charge < -0.3 is 14.2 Å². The van der Waals surface area contributed by atoms with Gasteiger partial charge >= 0.3 is 0 Å². The number of halogens is 2. The Hall–Kier alpha value is -3.71. The van der Waals surface area contributed by atoms with Crippen molar-refractivity contribution in [3.05, 3.63) is 95.1 Å². The van der Waals surface area contributed by atoms with Crippen molar-refractivity contribution in [3.8, 4) is 17.1 Å². The van der Waals surface area contributed by atoms with E-state index >= 15 is 0 Å². The van der Waals surface area contributed by atoms with E-state index in [4.69, 9.17) is 20.9 Å². The minimum absolute atomic E-state index is 0.0278.